The van der Waals surface area contributed by atoms with Crippen molar-refractivity contribution in [3.8, 4) is 11.1 Å². The number of fused-ring (bicyclic) bond motifs is 3. The Labute approximate surface area is 167 Å². The van der Waals surface area contributed by atoms with E-state index in [4.69, 9.17) is 10.7 Å². The molecule has 7 rings (SSSR count). The quantitative estimate of drug-likeness (QED) is 0.518. The van der Waals surface area contributed by atoms with Crippen LogP contribution < -0.4 is 10.6 Å². The van der Waals surface area contributed by atoms with Crippen molar-refractivity contribution in [2.75, 3.05) is 11.9 Å². The van der Waals surface area contributed by atoms with Gasteiger partial charge < -0.3 is 10.6 Å². The number of aliphatic imine (C=N–C) groups is 1. The molecule has 5 aliphatic rings. The second-order valence-electron chi connectivity index (χ2n) is 9.60. The first-order valence-corrected chi connectivity index (χ1v) is 10.9. The fraction of sp³-hybridized carbons (Fsp3) is 0.480. The molecule has 0 radical (unpaired) electrons. The smallest absolute Gasteiger partial charge is 0.195 e. The number of anilines is 1. The van der Waals surface area contributed by atoms with Gasteiger partial charge in [0.25, 0.3) is 0 Å². The van der Waals surface area contributed by atoms with Gasteiger partial charge in [-0.3, -0.25) is 0 Å². The Morgan fingerprint density at radius 3 is 2.32 bits per heavy atom. The van der Waals surface area contributed by atoms with E-state index in [0.29, 0.717) is 12.0 Å². The topological polar surface area (TPSA) is 41.6 Å². The molecule has 5 aliphatic carbocycles. The van der Waals surface area contributed by atoms with Crippen LogP contribution in [-0.4, -0.2) is 19.0 Å². The Morgan fingerprint density at radius 2 is 1.57 bits per heavy atom. The van der Waals surface area contributed by atoms with Crippen molar-refractivity contribution in [1.29, 1.82) is 0 Å². The van der Waals surface area contributed by atoms with Gasteiger partial charge in [-0.25, -0.2) is 4.99 Å². The van der Waals surface area contributed by atoms with E-state index in [9.17, 15) is 0 Å². The Balaban J connectivity index is 1.31. The third-order valence-corrected chi connectivity index (χ3v) is 7.99. The second-order valence-corrected chi connectivity index (χ2v) is 9.60. The molecule has 0 saturated heterocycles. The minimum Gasteiger partial charge on any atom is -0.370 e. The van der Waals surface area contributed by atoms with Gasteiger partial charge in [0.05, 0.1) is 6.04 Å². The molecule has 0 amide bonds. The first-order chi connectivity index (χ1) is 13.7. The molecule has 0 atom stereocenters. The van der Waals surface area contributed by atoms with Crippen LogP contribution in [0.4, 0.5) is 5.69 Å². The second kappa shape index (κ2) is 6.10. The van der Waals surface area contributed by atoms with Crippen LogP contribution in [0.5, 0.6) is 0 Å². The van der Waals surface area contributed by atoms with Crippen LogP contribution in [0.3, 0.4) is 0 Å². The van der Waals surface area contributed by atoms with Gasteiger partial charge in [0, 0.05) is 19.2 Å². The lowest BCUT2D eigenvalue weighted by atomic mass is 9.54. The summed E-state index contributed by atoms with van der Waals surface area (Å²) >= 11 is 0. The molecule has 2 N–H and O–H groups in total. The van der Waals surface area contributed by atoms with Crippen molar-refractivity contribution >= 4 is 11.6 Å². The standard InChI is InChI=1S/C25H29N3/c1-28(23-8-4-7-21-20-6-3-2-5-17(20)14-22(21)23)25(26)27-24-18-10-15-9-16(12-18)13-19(24)11-15/h2-8,15-16,18-19,24H,9-14H2,1H3,(H2,26,27). The Morgan fingerprint density at radius 1 is 0.893 bits per heavy atom. The summed E-state index contributed by atoms with van der Waals surface area (Å²) in [5.74, 6) is 4.19. The Kier molecular flexibility index (Phi) is 3.63. The van der Waals surface area contributed by atoms with Crippen molar-refractivity contribution in [2.24, 2.45) is 34.4 Å². The van der Waals surface area contributed by atoms with Crippen LogP contribution in [0.1, 0.15) is 43.2 Å². The lowest BCUT2D eigenvalue weighted by Crippen LogP contribution is -2.49. The lowest BCUT2D eigenvalue weighted by Gasteiger charge is -2.53. The van der Waals surface area contributed by atoms with Crippen LogP contribution in [0, 0.1) is 23.7 Å². The molecule has 4 bridgehead atoms. The number of nitrogens with zero attached hydrogens (tertiary/aromatic N) is 2. The molecule has 28 heavy (non-hydrogen) atoms. The highest BCUT2D eigenvalue weighted by atomic mass is 15.2. The van der Waals surface area contributed by atoms with Crippen LogP contribution in [0.2, 0.25) is 0 Å². The molecule has 3 heteroatoms. The van der Waals surface area contributed by atoms with Crippen molar-refractivity contribution in [2.45, 2.75) is 44.6 Å². The van der Waals surface area contributed by atoms with Crippen molar-refractivity contribution in [1.82, 2.24) is 0 Å². The zero-order chi connectivity index (χ0) is 18.8. The summed E-state index contributed by atoms with van der Waals surface area (Å²) in [4.78, 5) is 7.28. The summed E-state index contributed by atoms with van der Waals surface area (Å²) in [6.07, 6.45) is 8.00. The molecule has 2 aromatic carbocycles. The normalized spacial score (nSPS) is 32.3. The minimum absolute atomic E-state index is 0.448. The monoisotopic (exact) mass is 371 g/mol. The molecule has 144 valence electrons. The van der Waals surface area contributed by atoms with Gasteiger partial charge in [-0.15, -0.1) is 0 Å². The van der Waals surface area contributed by atoms with Gasteiger partial charge in [-0.05, 0) is 84.1 Å². The van der Waals surface area contributed by atoms with E-state index < -0.39 is 0 Å². The summed E-state index contributed by atoms with van der Waals surface area (Å²) in [6.45, 7) is 0. The maximum atomic E-state index is 6.60. The Bertz CT molecular complexity index is 932. The highest BCUT2D eigenvalue weighted by molar-refractivity contribution is 5.97. The molecule has 4 saturated carbocycles. The van der Waals surface area contributed by atoms with E-state index in [2.05, 4.69) is 54.4 Å². The fourth-order valence-electron chi connectivity index (χ4n) is 6.92. The van der Waals surface area contributed by atoms with E-state index in [1.54, 1.807) is 0 Å². The third kappa shape index (κ3) is 2.45. The predicted octanol–water partition coefficient (Wildman–Crippen LogP) is 4.83. The lowest BCUT2D eigenvalue weighted by molar-refractivity contribution is 0.00119. The van der Waals surface area contributed by atoms with Gasteiger partial charge in [-0.1, -0.05) is 36.4 Å². The zero-order valence-corrected chi connectivity index (χ0v) is 16.6. The Hall–Kier alpha value is -2.29. The average Bonchev–Trinajstić information content (AvgIpc) is 3.08. The van der Waals surface area contributed by atoms with E-state index in [1.807, 2.05) is 0 Å². The van der Waals surface area contributed by atoms with E-state index in [1.165, 1.54) is 60.0 Å². The number of nitrogens with two attached hydrogens (primary N) is 1. The fourth-order valence-corrected chi connectivity index (χ4v) is 6.92. The minimum atomic E-state index is 0.448. The predicted molar refractivity (Wildman–Crippen MR) is 116 cm³/mol. The van der Waals surface area contributed by atoms with Gasteiger partial charge in [0.2, 0.25) is 0 Å². The number of hydrogen-bond acceptors (Lipinski definition) is 1. The van der Waals surface area contributed by atoms with E-state index in [-0.39, 0.29) is 0 Å². The summed E-state index contributed by atoms with van der Waals surface area (Å²) < 4.78 is 0. The number of guanidine groups is 1. The summed E-state index contributed by atoms with van der Waals surface area (Å²) in [5.41, 5.74) is 13.3. The van der Waals surface area contributed by atoms with Crippen LogP contribution in [0.25, 0.3) is 11.1 Å². The summed E-state index contributed by atoms with van der Waals surface area (Å²) in [7, 11) is 2.09. The summed E-state index contributed by atoms with van der Waals surface area (Å²) in [5, 5.41) is 0. The van der Waals surface area contributed by atoms with E-state index >= 15 is 0 Å². The maximum Gasteiger partial charge on any atom is 0.195 e. The molecule has 0 aromatic heterocycles. The first-order valence-electron chi connectivity index (χ1n) is 10.9. The number of benzene rings is 2. The number of hydrogen-bond donors (Lipinski definition) is 1. The molecule has 0 heterocycles. The molecular weight excluding hydrogens is 342 g/mol. The maximum absolute atomic E-state index is 6.60. The van der Waals surface area contributed by atoms with E-state index in [0.717, 1.165) is 30.1 Å². The highest BCUT2D eigenvalue weighted by Gasteiger charge is 2.48. The third-order valence-electron chi connectivity index (χ3n) is 7.99. The molecule has 3 nitrogen and oxygen atoms in total. The van der Waals surface area contributed by atoms with Crippen molar-refractivity contribution < 1.29 is 0 Å². The molecule has 2 aromatic rings. The van der Waals surface area contributed by atoms with Crippen LogP contribution in [-0.2, 0) is 6.42 Å². The van der Waals surface area contributed by atoms with Crippen LogP contribution >= 0.6 is 0 Å². The zero-order valence-electron chi connectivity index (χ0n) is 16.6. The summed E-state index contributed by atoms with van der Waals surface area (Å²) in [6, 6.07) is 15.8. The molecule has 0 spiro atoms. The van der Waals surface area contributed by atoms with Gasteiger partial charge >= 0.3 is 0 Å². The first kappa shape index (κ1) is 16.6. The van der Waals surface area contributed by atoms with Crippen molar-refractivity contribution in [3.05, 3.63) is 53.6 Å². The number of rotatable bonds is 2. The molecular formula is C25H29N3. The molecule has 0 aliphatic heterocycles. The largest absolute Gasteiger partial charge is 0.370 e. The SMILES string of the molecule is CN(C(N)=NC1C2CC3CC(C2)CC1C3)c1cccc2c1Cc1ccccc1-2. The average molecular weight is 372 g/mol. The van der Waals surface area contributed by atoms with Gasteiger partial charge in [-0.2, -0.15) is 0 Å². The van der Waals surface area contributed by atoms with Crippen molar-refractivity contribution in [3.63, 3.8) is 0 Å². The highest BCUT2D eigenvalue weighted by Crippen LogP contribution is 2.54. The van der Waals surface area contributed by atoms with Crippen LogP contribution in [0.15, 0.2) is 47.5 Å². The molecule has 0 unspecified atom stereocenters. The van der Waals surface area contributed by atoms with Gasteiger partial charge in [0.15, 0.2) is 5.96 Å². The van der Waals surface area contributed by atoms with Gasteiger partial charge in [0.1, 0.15) is 0 Å². The molecule has 4 fully saturated rings.